The van der Waals surface area contributed by atoms with Crippen molar-refractivity contribution in [2.75, 3.05) is 27.8 Å². The molecule has 0 heterocycles. The van der Waals surface area contributed by atoms with Crippen LogP contribution in [0.4, 0.5) is 4.39 Å². The molecule has 0 aliphatic heterocycles. The fraction of sp³-hybridized carbons (Fsp3) is 0.350. The Morgan fingerprint density at radius 2 is 1.73 bits per heavy atom. The van der Waals surface area contributed by atoms with Gasteiger partial charge in [-0.25, -0.2) is 4.39 Å². The van der Waals surface area contributed by atoms with E-state index in [2.05, 4.69) is 15.6 Å². The lowest BCUT2D eigenvalue weighted by Crippen LogP contribution is -2.37. The number of methoxy groups -OCH3 is 2. The zero-order chi connectivity index (χ0) is 18.9. The number of hydrogen-bond donors (Lipinski definition) is 2. The zero-order valence-corrected chi connectivity index (χ0v) is 15.7. The highest BCUT2D eigenvalue weighted by Crippen LogP contribution is 2.27. The lowest BCUT2D eigenvalue weighted by Gasteiger charge is -2.13. The zero-order valence-electron chi connectivity index (χ0n) is 15.7. The van der Waals surface area contributed by atoms with Gasteiger partial charge in [0.2, 0.25) is 0 Å². The molecule has 0 aliphatic rings. The molecule has 0 amide bonds. The third-order valence-electron chi connectivity index (χ3n) is 4.07. The molecule has 2 N–H and O–H groups in total. The molecule has 140 valence electrons. The topological polar surface area (TPSA) is 54.9 Å². The molecule has 2 rings (SSSR count). The number of rotatable bonds is 7. The van der Waals surface area contributed by atoms with Gasteiger partial charge >= 0.3 is 0 Å². The van der Waals surface area contributed by atoms with Crippen LogP contribution in [-0.2, 0) is 13.0 Å². The number of halogens is 1. The number of aliphatic imine (C=N–C) groups is 1. The van der Waals surface area contributed by atoms with Crippen LogP contribution in [0.3, 0.4) is 0 Å². The van der Waals surface area contributed by atoms with Crippen LogP contribution in [0.25, 0.3) is 0 Å². The summed E-state index contributed by atoms with van der Waals surface area (Å²) in [5.41, 5.74) is 2.65. The molecule has 6 heteroatoms. The van der Waals surface area contributed by atoms with Crippen molar-refractivity contribution in [2.24, 2.45) is 4.99 Å². The number of nitrogens with one attached hydrogen (secondary N) is 2. The first-order valence-corrected chi connectivity index (χ1v) is 8.47. The van der Waals surface area contributed by atoms with Crippen LogP contribution in [0.5, 0.6) is 11.5 Å². The molecule has 0 saturated heterocycles. The molecule has 5 nitrogen and oxygen atoms in total. The van der Waals surface area contributed by atoms with Crippen molar-refractivity contribution in [3.63, 3.8) is 0 Å². The van der Waals surface area contributed by atoms with Crippen molar-refractivity contribution in [3.05, 3.63) is 58.9 Å². The molecular formula is C20H26FN3O2. The molecule has 0 unspecified atom stereocenters. The maximum atomic E-state index is 13.6. The molecule has 0 spiro atoms. The highest BCUT2D eigenvalue weighted by Gasteiger charge is 2.05. The van der Waals surface area contributed by atoms with Gasteiger partial charge in [-0.2, -0.15) is 0 Å². The molecule has 2 aromatic rings. The van der Waals surface area contributed by atoms with E-state index in [4.69, 9.17) is 9.47 Å². The molecular weight excluding hydrogens is 333 g/mol. The van der Waals surface area contributed by atoms with Gasteiger partial charge in [-0.1, -0.05) is 18.2 Å². The summed E-state index contributed by atoms with van der Waals surface area (Å²) in [5.74, 6) is 1.91. The summed E-state index contributed by atoms with van der Waals surface area (Å²) in [4.78, 5) is 4.19. The second kappa shape index (κ2) is 9.65. The summed E-state index contributed by atoms with van der Waals surface area (Å²) < 4.78 is 24.2. The van der Waals surface area contributed by atoms with Crippen LogP contribution in [-0.4, -0.2) is 33.8 Å². The molecule has 2 aromatic carbocycles. The Kier molecular flexibility index (Phi) is 7.26. The second-order valence-corrected chi connectivity index (χ2v) is 5.88. The van der Waals surface area contributed by atoms with E-state index < -0.39 is 0 Å². The fourth-order valence-electron chi connectivity index (χ4n) is 2.51. The fourth-order valence-corrected chi connectivity index (χ4v) is 2.51. The minimum atomic E-state index is -0.194. The molecule has 0 aromatic heterocycles. The van der Waals surface area contributed by atoms with E-state index in [1.54, 1.807) is 40.3 Å². The first kappa shape index (κ1) is 19.6. The second-order valence-electron chi connectivity index (χ2n) is 5.88. The molecule has 26 heavy (non-hydrogen) atoms. The molecule has 0 fully saturated rings. The van der Waals surface area contributed by atoms with Gasteiger partial charge in [0.1, 0.15) is 5.82 Å². The third kappa shape index (κ3) is 5.37. The number of ether oxygens (including phenoxy) is 2. The molecule has 0 atom stereocenters. The van der Waals surface area contributed by atoms with Gasteiger partial charge in [-0.05, 0) is 48.2 Å². The predicted octanol–water partition coefficient (Wildman–Crippen LogP) is 3.06. The van der Waals surface area contributed by atoms with Crippen LogP contribution < -0.4 is 20.1 Å². The maximum absolute atomic E-state index is 13.6. The van der Waals surface area contributed by atoms with Gasteiger partial charge in [-0.15, -0.1) is 0 Å². The molecule has 0 saturated carbocycles. The van der Waals surface area contributed by atoms with Crippen molar-refractivity contribution in [1.29, 1.82) is 0 Å². The third-order valence-corrected chi connectivity index (χ3v) is 4.07. The number of benzene rings is 2. The summed E-state index contributed by atoms with van der Waals surface area (Å²) in [6, 6.07) is 11.1. The maximum Gasteiger partial charge on any atom is 0.191 e. The van der Waals surface area contributed by atoms with Crippen LogP contribution in [0.2, 0.25) is 0 Å². The average Bonchev–Trinajstić information content (AvgIpc) is 2.66. The summed E-state index contributed by atoms with van der Waals surface area (Å²) in [6.45, 7) is 2.96. The SMILES string of the molecule is CN=C(NCCc1ccc(OC)c(OC)c1)NCc1ccc(C)c(F)c1. The summed E-state index contributed by atoms with van der Waals surface area (Å²) in [7, 11) is 4.95. The van der Waals surface area contributed by atoms with E-state index in [0.717, 1.165) is 17.5 Å². The Morgan fingerprint density at radius 3 is 2.38 bits per heavy atom. The van der Waals surface area contributed by atoms with Crippen molar-refractivity contribution in [2.45, 2.75) is 19.9 Å². The van der Waals surface area contributed by atoms with Gasteiger partial charge < -0.3 is 20.1 Å². The number of guanidine groups is 1. The van der Waals surface area contributed by atoms with E-state index in [0.29, 0.717) is 36.1 Å². The van der Waals surface area contributed by atoms with E-state index in [9.17, 15) is 4.39 Å². The Bertz CT molecular complexity index is 763. The summed E-state index contributed by atoms with van der Waals surface area (Å²) in [6.07, 6.45) is 0.806. The number of nitrogens with zero attached hydrogens (tertiary/aromatic N) is 1. The van der Waals surface area contributed by atoms with Crippen LogP contribution >= 0.6 is 0 Å². The molecule has 0 radical (unpaired) electrons. The highest BCUT2D eigenvalue weighted by atomic mass is 19.1. The normalized spacial score (nSPS) is 11.2. The summed E-state index contributed by atoms with van der Waals surface area (Å²) >= 11 is 0. The quantitative estimate of drug-likeness (QED) is 0.589. The van der Waals surface area contributed by atoms with E-state index in [1.807, 2.05) is 24.3 Å². The van der Waals surface area contributed by atoms with Crippen molar-refractivity contribution in [1.82, 2.24) is 10.6 Å². The van der Waals surface area contributed by atoms with Crippen molar-refractivity contribution in [3.8, 4) is 11.5 Å². The molecule has 0 bridgehead atoms. The first-order chi connectivity index (χ1) is 12.6. The van der Waals surface area contributed by atoms with Crippen molar-refractivity contribution < 1.29 is 13.9 Å². The minimum Gasteiger partial charge on any atom is -0.493 e. The Hall–Kier alpha value is -2.76. The lowest BCUT2D eigenvalue weighted by atomic mass is 10.1. The largest absolute Gasteiger partial charge is 0.493 e. The smallest absolute Gasteiger partial charge is 0.191 e. The monoisotopic (exact) mass is 359 g/mol. The van der Waals surface area contributed by atoms with E-state index in [-0.39, 0.29) is 5.82 Å². The van der Waals surface area contributed by atoms with E-state index >= 15 is 0 Å². The standard InChI is InChI=1S/C20H26FN3O2/c1-14-5-6-16(11-17(14)21)13-24-20(22-2)23-10-9-15-7-8-18(25-3)19(12-15)26-4/h5-8,11-12H,9-10,13H2,1-4H3,(H2,22,23,24). The Balaban J connectivity index is 1.84. The van der Waals surface area contributed by atoms with Gasteiger partial charge in [0.05, 0.1) is 14.2 Å². The van der Waals surface area contributed by atoms with Gasteiger partial charge in [-0.3, -0.25) is 4.99 Å². The van der Waals surface area contributed by atoms with Crippen molar-refractivity contribution >= 4 is 5.96 Å². The first-order valence-electron chi connectivity index (χ1n) is 8.47. The summed E-state index contributed by atoms with van der Waals surface area (Å²) in [5, 5.41) is 6.44. The van der Waals surface area contributed by atoms with Gasteiger partial charge in [0.15, 0.2) is 17.5 Å². The Labute approximate surface area is 154 Å². The Morgan fingerprint density at radius 1 is 1.00 bits per heavy atom. The number of aryl methyl sites for hydroxylation is 1. The van der Waals surface area contributed by atoms with E-state index in [1.165, 1.54) is 0 Å². The molecule has 0 aliphatic carbocycles. The number of hydrogen-bond acceptors (Lipinski definition) is 3. The lowest BCUT2D eigenvalue weighted by molar-refractivity contribution is 0.354. The van der Waals surface area contributed by atoms with Gasteiger partial charge in [0, 0.05) is 20.1 Å². The predicted molar refractivity (Wildman–Crippen MR) is 103 cm³/mol. The van der Waals surface area contributed by atoms with Crippen LogP contribution in [0, 0.1) is 12.7 Å². The highest BCUT2D eigenvalue weighted by molar-refractivity contribution is 5.79. The van der Waals surface area contributed by atoms with Crippen LogP contribution in [0.15, 0.2) is 41.4 Å². The average molecular weight is 359 g/mol. The van der Waals surface area contributed by atoms with Crippen LogP contribution in [0.1, 0.15) is 16.7 Å². The van der Waals surface area contributed by atoms with Gasteiger partial charge in [0.25, 0.3) is 0 Å². The minimum absolute atomic E-state index is 0.194.